The van der Waals surface area contributed by atoms with Gasteiger partial charge in [-0.1, -0.05) is 30.3 Å². The van der Waals surface area contributed by atoms with Crippen molar-refractivity contribution in [2.45, 2.75) is 24.9 Å². The molecule has 8 heteroatoms. The van der Waals surface area contributed by atoms with Gasteiger partial charge in [-0.25, -0.2) is 0 Å². The van der Waals surface area contributed by atoms with E-state index in [1.54, 1.807) is 0 Å². The van der Waals surface area contributed by atoms with E-state index in [0.717, 1.165) is 5.56 Å². The molecule has 3 N–H and O–H groups in total. The zero-order valence-corrected chi connectivity index (χ0v) is 14.6. The number of benzene rings is 1. The van der Waals surface area contributed by atoms with Gasteiger partial charge in [0.15, 0.2) is 0 Å². The van der Waals surface area contributed by atoms with Crippen LogP contribution in [0.3, 0.4) is 0 Å². The topological polar surface area (TPSA) is 107 Å². The van der Waals surface area contributed by atoms with Crippen molar-refractivity contribution in [3.63, 3.8) is 0 Å². The van der Waals surface area contributed by atoms with E-state index in [1.165, 1.54) is 16.7 Å². The zero-order chi connectivity index (χ0) is 18.2. The molecule has 0 aliphatic carbocycles. The Labute approximate surface area is 150 Å². The first-order valence-corrected chi connectivity index (χ1v) is 9.24. The van der Waals surface area contributed by atoms with E-state index in [0.29, 0.717) is 30.9 Å². The first-order chi connectivity index (χ1) is 12.0. The van der Waals surface area contributed by atoms with Crippen LogP contribution in [-0.2, 0) is 20.8 Å². The fraction of sp³-hybridized carbons (Fsp3) is 0.471. The Morgan fingerprint density at radius 1 is 1.28 bits per heavy atom. The second-order valence-corrected chi connectivity index (χ2v) is 7.01. The molecule has 2 rings (SSSR count). The van der Waals surface area contributed by atoms with Gasteiger partial charge in [0.25, 0.3) is 0 Å². The lowest BCUT2D eigenvalue weighted by Gasteiger charge is -2.25. The molecule has 0 unspecified atom stereocenters. The van der Waals surface area contributed by atoms with Gasteiger partial charge in [-0.3, -0.25) is 19.7 Å². The molecule has 0 saturated carbocycles. The lowest BCUT2D eigenvalue weighted by Crippen LogP contribution is -2.53. The Hall–Kier alpha value is -2.06. The number of carboxylic acids is 2. The summed E-state index contributed by atoms with van der Waals surface area (Å²) in [6, 6.07) is 8.00. The molecular weight excluding hydrogens is 344 g/mol. The Balaban J connectivity index is 2.00. The maximum absolute atomic E-state index is 12.5. The summed E-state index contributed by atoms with van der Waals surface area (Å²) in [5.74, 6) is -1.36. The van der Waals surface area contributed by atoms with Gasteiger partial charge in [-0.15, -0.1) is 0 Å². The third-order valence-corrected chi connectivity index (χ3v) is 5.03. The van der Waals surface area contributed by atoms with Crippen LogP contribution in [0.25, 0.3) is 0 Å². The van der Waals surface area contributed by atoms with E-state index in [-0.39, 0.29) is 12.5 Å². The minimum absolute atomic E-state index is 0.349. The SMILES string of the molecule is O=C(O)CN1CCSC[C@H](N[C@@H](CCc2ccccc2)C(=O)O)C1=O. The molecule has 0 radical (unpaired) electrons. The van der Waals surface area contributed by atoms with Crippen molar-refractivity contribution in [1.82, 2.24) is 10.2 Å². The van der Waals surface area contributed by atoms with Crippen LogP contribution in [0.15, 0.2) is 30.3 Å². The molecule has 25 heavy (non-hydrogen) atoms. The summed E-state index contributed by atoms with van der Waals surface area (Å²) < 4.78 is 0. The predicted molar refractivity (Wildman–Crippen MR) is 94.7 cm³/mol. The van der Waals surface area contributed by atoms with Crippen LogP contribution in [-0.4, -0.2) is 69.6 Å². The van der Waals surface area contributed by atoms with Crippen molar-refractivity contribution in [2.24, 2.45) is 0 Å². The van der Waals surface area contributed by atoms with Gasteiger partial charge in [0.1, 0.15) is 12.6 Å². The van der Waals surface area contributed by atoms with Crippen molar-refractivity contribution >= 4 is 29.6 Å². The number of carbonyl (C=O) groups excluding carboxylic acids is 1. The summed E-state index contributed by atoms with van der Waals surface area (Å²) in [6.07, 6.45) is 0.935. The maximum Gasteiger partial charge on any atom is 0.323 e. The van der Waals surface area contributed by atoms with E-state index in [2.05, 4.69) is 5.32 Å². The van der Waals surface area contributed by atoms with Crippen molar-refractivity contribution in [1.29, 1.82) is 0 Å². The molecule has 7 nitrogen and oxygen atoms in total. The summed E-state index contributed by atoms with van der Waals surface area (Å²) in [6.45, 7) is -0.00490. The van der Waals surface area contributed by atoms with Crippen molar-refractivity contribution in [3.05, 3.63) is 35.9 Å². The van der Waals surface area contributed by atoms with Gasteiger partial charge in [0.05, 0.1) is 6.04 Å². The predicted octanol–water partition coefficient (Wildman–Crippen LogP) is 0.691. The summed E-state index contributed by atoms with van der Waals surface area (Å²) in [5, 5.41) is 21.3. The molecule has 136 valence electrons. The molecule has 1 saturated heterocycles. The van der Waals surface area contributed by atoms with Crippen LogP contribution in [0, 0.1) is 0 Å². The molecule has 1 aromatic carbocycles. The second-order valence-electron chi connectivity index (χ2n) is 5.86. The number of thioether (sulfide) groups is 1. The molecule has 1 aromatic rings. The maximum atomic E-state index is 12.5. The zero-order valence-electron chi connectivity index (χ0n) is 13.8. The summed E-state index contributed by atoms with van der Waals surface area (Å²) in [5.41, 5.74) is 1.03. The summed E-state index contributed by atoms with van der Waals surface area (Å²) >= 11 is 1.52. The van der Waals surface area contributed by atoms with Crippen molar-refractivity contribution in [2.75, 3.05) is 24.6 Å². The van der Waals surface area contributed by atoms with Gasteiger partial charge < -0.3 is 15.1 Å². The number of aryl methyl sites for hydroxylation is 1. The quantitative estimate of drug-likeness (QED) is 0.621. The van der Waals surface area contributed by atoms with Crippen molar-refractivity contribution < 1.29 is 24.6 Å². The largest absolute Gasteiger partial charge is 0.480 e. The lowest BCUT2D eigenvalue weighted by atomic mass is 10.0. The fourth-order valence-corrected chi connectivity index (χ4v) is 3.68. The molecule has 1 heterocycles. The number of nitrogens with zero attached hydrogens (tertiary/aromatic N) is 1. The van der Waals surface area contributed by atoms with E-state index < -0.39 is 24.0 Å². The Morgan fingerprint density at radius 2 is 2.00 bits per heavy atom. The minimum atomic E-state index is -1.07. The Morgan fingerprint density at radius 3 is 2.64 bits per heavy atom. The third kappa shape index (κ3) is 6.06. The van der Waals surface area contributed by atoms with Crippen molar-refractivity contribution in [3.8, 4) is 0 Å². The molecule has 2 atom stereocenters. The van der Waals surface area contributed by atoms with E-state index in [1.807, 2.05) is 30.3 Å². The summed E-state index contributed by atoms with van der Waals surface area (Å²) in [4.78, 5) is 36.2. The van der Waals surface area contributed by atoms with Crippen LogP contribution >= 0.6 is 11.8 Å². The van der Waals surface area contributed by atoms with Gasteiger partial charge in [-0.2, -0.15) is 11.8 Å². The average molecular weight is 366 g/mol. The highest BCUT2D eigenvalue weighted by molar-refractivity contribution is 7.99. The Kier molecular flexibility index (Phi) is 7.27. The molecular formula is C17H22N2O5S. The molecule has 0 bridgehead atoms. The number of aliphatic carboxylic acids is 2. The van der Waals surface area contributed by atoms with E-state index >= 15 is 0 Å². The summed E-state index contributed by atoms with van der Waals surface area (Å²) in [7, 11) is 0. The van der Waals surface area contributed by atoms with Gasteiger partial charge >= 0.3 is 11.9 Å². The first-order valence-electron chi connectivity index (χ1n) is 8.08. The third-order valence-electron chi connectivity index (χ3n) is 3.99. The van der Waals surface area contributed by atoms with Crippen LogP contribution in [0.2, 0.25) is 0 Å². The lowest BCUT2D eigenvalue weighted by molar-refractivity contribution is -0.146. The van der Waals surface area contributed by atoms with Gasteiger partial charge in [0.2, 0.25) is 5.91 Å². The van der Waals surface area contributed by atoms with Gasteiger partial charge in [0, 0.05) is 18.1 Å². The van der Waals surface area contributed by atoms with E-state index in [9.17, 15) is 19.5 Å². The molecule has 1 amide bonds. The van der Waals surface area contributed by atoms with Crippen LogP contribution in [0.4, 0.5) is 0 Å². The molecule has 1 fully saturated rings. The average Bonchev–Trinajstić information content (AvgIpc) is 2.74. The number of carbonyl (C=O) groups is 3. The molecule has 0 aromatic heterocycles. The highest BCUT2D eigenvalue weighted by Gasteiger charge is 2.31. The molecule has 0 spiro atoms. The number of carboxylic acid groups (broad SMARTS) is 2. The van der Waals surface area contributed by atoms with Crippen LogP contribution in [0.1, 0.15) is 12.0 Å². The Bertz CT molecular complexity index is 610. The number of nitrogens with one attached hydrogen (secondary N) is 1. The monoisotopic (exact) mass is 366 g/mol. The normalized spacial score (nSPS) is 19.3. The second kappa shape index (κ2) is 9.43. The highest BCUT2D eigenvalue weighted by atomic mass is 32.2. The first kappa shape index (κ1) is 19.3. The fourth-order valence-electron chi connectivity index (χ4n) is 2.69. The highest BCUT2D eigenvalue weighted by Crippen LogP contribution is 2.14. The van der Waals surface area contributed by atoms with Crippen LogP contribution in [0.5, 0.6) is 0 Å². The molecule has 1 aliphatic rings. The van der Waals surface area contributed by atoms with Gasteiger partial charge in [-0.05, 0) is 18.4 Å². The molecule has 1 aliphatic heterocycles. The number of amides is 1. The number of rotatable bonds is 8. The van der Waals surface area contributed by atoms with Crippen LogP contribution < -0.4 is 5.32 Å². The number of hydrogen-bond acceptors (Lipinski definition) is 5. The smallest absolute Gasteiger partial charge is 0.323 e. The number of hydrogen-bond donors (Lipinski definition) is 3. The standard InChI is InChI=1S/C17H22N2O5S/c20-15(21)10-19-8-9-25-11-14(16(19)22)18-13(17(23)24)7-6-12-4-2-1-3-5-12/h1-5,13-14,18H,6-11H2,(H,20,21)(H,23,24)/t13-,14-/m0/s1. The minimum Gasteiger partial charge on any atom is -0.480 e. The van der Waals surface area contributed by atoms with E-state index in [4.69, 9.17) is 5.11 Å².